The van der Waals surface area contributed by atoms with Gasteiger partial charge in [-0.25, -0.2) is 13.1 Å². The number of hydrogen-bond acceptors (Lipinski definition) is 5. The zero-order valence-corrected chi connectivity index (χ0v) is 14.9. The van der Waals surface area contributed by atoms with E-state index in [-0.39, 0.29) is 16.6 Å². The average molecular weight is 363 g/mol. The number of rotatable bonds is 8. The quantitative estimate of drug-likeness (QED) is 0.555. The van der Waals surface area contributed by atoms with E-state index < -0.39 is 14.9 Å². The van der Waals surface area contributed by atoms with Gasteiger partial charge in [0.25, 0.3) is 5.69 Å². The molecule has 134 valence electrons. The number of hydrogen-bond donors (Lipinski definition) is 2. The Bertz CT molecular complexity index is 836. The summed E-state index contributed by atoms with van der Waals surface area (Å²) >= 11 is 0. The highest BCUT2D eigenvalue weighted by atomic mass is 32.2. The van der Waals surface area contributed by atoms with Crippen LogP contribution in [0.15, 0.2) is 53.4 Å². The Labute approximate surface area is 147 Å². The maximum Gasteiger partial charge on any atom is 0.293 e. The molecule has 2 aromatic rings. The second-order valence-electron chi connectivity index (χ2n) is 5.87. The molecule has 2 rings (SSSR count). The molecule has 25 heavy (non-hydrogen) atoms. The van der Waals surface area contributed by atoms with E-state index in [0.717, 1.165) is 11.6 Å². The SMILES string of the molecule is CC(C)NS(=O)(=O)c1ccc(NCCc2ccccc2)c([N+](=O)[O-])c1. The normalized spacial score (nSPS) is 11.5. The van der Waals surface area contributed by atoms with Crippen LogP contribution in [0.3, 0.4) is 0 Å². The van der Waals surface area contributed by atoms with E-state index in [1.807, 2.05) is 30.3 Å². The van der Waals surface area contributed by atoms with Gasteiger partial charge in [0.1, 0.15) is 5.69 Å². The fourth-order valence-corrected chi connectivity index (χ4v) is 3.61. The molecule has 0 saturated heterocycles. The summed E-state index contributed by atoms with van der Waals surface area (Å²) in [5.74, 6) is 0. The molecule has 0 bridgehead atoms. The first-order chi connectivity index (χ1) is 11.8. The van der Waals surface area contributed by atoms with Crippen LogP contribution in [0.1, 0.15) is 19.4 Å². The van der Waals surface area contributed by atoms with E-state index in [0.29, 0.717) is 18.7 Å². The van der Waals surface area contributed by atoms with Crippen molar-refractivity contribution in [1.29, 1.82) is 0 Å². The fraction of sp³-hybridized carbons (Fsp3) is 0.294. The van der Waals surface area contributed by atoms with Gasteiger partial charge in [-0.2, -0.15) is 0 Å². The molecule has 0 saturated carbocycles. The minimum absolute atomic E-state index is 0.124. The molecule has 7 nitrogen and oxygen atoms in total. The summed E-state index contributed by atoms with van der Waals surface area (Å²) in [4.78, 5) is 10.6. The van der Waals surface area contributed by atoms with Gasteiger partial charge in [-0.3, -0.25) is 10.1 Å². The zero-order valence-electron chi connectivity index (χ0n) is 14.1. The molecule has 0 unspecified atom stereocenters. The van der Waals surface area contributed by atoms with Crippen molar-refractivity contribution in [3.8, 4) is 0 Å². The number of nitro benzene ring substituents is 1. The lowest BCUT2D eigenvalue weighted by atomic mass is 10.1. The Hall–Kier alpha value is -2.45. The average Bonchev–Trinajstić information content (AvgIpc) is 2.54. The second kappa shape index (κ2) is 8.09. The van der Waals surface area contributed by atoms with Crippen molar-refractivity contribution in [3.05, 3.63) is 64.2 Å². The molecule has 0 aliphatic heterocycles. The summed E-state index contributed by atoms with van der Waals surface area (Å²) in [6, 6.07) is 13.3. The standard InChI is InChI=1S/C17H21N3O4S/c1-13(2)19-25(23,24)15-8-9-16(17(12-15)20(21)22)18-11-10-14-6-4-3-5-7-14/h3-9,12-13,18-19H,10-11H2,1-2H3. The van der Waals surface area contributed by atoms with E-state index in [1.165, 1.54) is 12.1 Å². The lowest BCUT2D eigenvalue weighted by Crippen LogP contribution is -2.30. The second-order valence-corrected chi connectivity index (χ2v) is 7.59. The smallest absolute Gasteiger partial charge is 0.293 e. The molecule has 0 aromatic heterocycles. The summed E-state index contributed by atoms with van der Waals surface area (Å²) in [5, 5.41) is 14.3. The number of anilines is 1. The van der Waals surface area contributed by atoms with Crippen LogP contribution in [-0.4, -0.2) is 25.9 Å². The van der Waals surface area contributed by atoms with Crippen molar-refractivity contribution >= 4 is 21.4 Å². The number of benzene rings is 2. The van der Waals surface area contributed by atoms with E-state index >= 15 is 0 Å². The van der Waals surface area contributed by atoms with Crippen molar-refractivity contribution in [1.82, 2.24) is 4.72 Å². The summed E-state index contributed by atoms with van der Waals surface area (Å²) in [7, 11) is -3.78. The topological polar surface area (TPSA) is 101 Å². The lowest BCUT2D eigenvalue weighted by molar-refractivity contribution is -0.384. The number of nitrogens with zero attached hydrogens (tertiary/aromatic N) is 1. The minimum Gasteiger partial charge on any atom is -0.379 e. The molecule has 0 atom stereocenters. The number of sulfonamides is 1. The molecule has 2 N–H and O–H groups in total. The van der Waals surface area contributed by atoms with Crippen LogP contribution in [0, 0.1) is 10.1 Å². The van der Waals surface area contributed by atoms with Gasteiger partial charge in [-0.1, -0.05) is 30.3 Å². The highest BCUT2D eigenvalue weighted by molar-refractivity contribution is 7.89. The molecular weight excluding hydrogens is 342 g/mol. The van der Waals surface area contributed by atoms with Crippen LogP contribution < -0.4 is 10.0 Å². The summed E-state index contributed by atoms with van der Waals surface area (Å²) in [6.07, 6.45) is 0.701. The molecule has 0 aliphatic carbocycles. The predicted molar refractivity (Wildman–Crippen MR) is 97.2 cm³/mol. The van der Waals surface area contributed by atoms with Gasteiger partial charge in [0.15, 0.2) is 0 Å². The van der Waals surface area contributed by atoms with Crippen LogP contribution >= 0.6 is 0 Å². The minimum atomic E-state index is -3.78. The zero-order chi connectivity index (χ0) is 18.4. The van der Waals surface area contributed by atoms with Crippen LogP contribution in [-0.2, 0) is 16.4 Å². The van der Waals surface area contributed by atoms with Gasteiger partial charge in [-0.05, 0) is 38.0 Å². The Balaban J connectivity index is 2.17. The van der Waals surface area contributed by atoms with Crippen LogP contribution in [0.4, 0.5) is 11.4 Å². The van der Waals surface area contributed by atoms with E-state index in [9.17, 15) is 18.5 Å². The Kier molecular flexibility index (Phi) is 6.11. The van der Waals surface area contributed by atoms with Crippen molar-refractivity contribution in [3.63, 3.8) is 0 Å². The van der Waals surface area contributed by atoms with E-state index in [4.69, 9.17) is 0 Å². The Morgan fingerprint density at radius 1 is 1.12 bits per heavy atom. The third-order valence-electron chi connectivity index (χ3n) is 3.44. The molecule has 0 aliphatic rings. The maximum atomic E-state index is 12.2. The van der Waals surface area contributed by atoms with Crippen LogP contribution in [0.5, 0.6) is 0 Å². The van der Waals surface area contributed by atoms with Crippen LogP contribution in [0.25, 0.3) is 0 Å². The van der Waals surface area contributed by atoms with Crippen molar-refractivity contribution in [2.75, 3.05) is 11.9 Å². The third-order valence-corrected chi connectivity index (χ3v) is 5.10. The Morgan fingerprint density at radius 3 is 2.40 bits per heavy atom. The lowest BCUT2D eigenvalue weighted by Gasteiger charge is -2.11. The van der Waals surface area contributed by atoms with Gasteiger partial charge in [0.2, 0.25) is 10.0 Å². The highest BCUT2D eigenvalue weighted by Gasteiger charge is 2.21. The maximum absolute atomic E-state index is 12.2. The molecule has 0 spiro atoms. The van der Waals surface area contributed by atoms with Gasteiger partial charge in [0.05, 0.1) is 9.82 Å². The summed E-state index contributed by atoms with van der Waals surface area (Å²) < 4.78 is 26.8. The van der Waals surface area contributed by atoms with Crippen molar-refractivity contribution in [2.24, 2.45) is 0 Å². The first-order valence-corrected chi connectivity index (χ1v) is 9.36. The van der Waals surface area contributed by atoms with E-state index in [2.05, 4.69) is 10.0 Å². The van der Waals surface area contributed by atoms with Gasteiger partial charge < -0.3 is 5.32 Å². The van der Waals surface area contributed by atoms with Crippen LogP contribution in [0.2, 0.25) is 0 Å². The monoisotopic (exact) mass is 363 g/mol. The van der Waals surface area contributed by atoms with Crippen molar-refractivity contribution < 1.29 is 13.3 Å². The summed E-state index contributed by atoms with van der Waals surface area (Å²) in [6.45, 7) is 3.87. The molecule has 0 amide bonds. The Morgan fingerprint density at radius 2 is 1.80 bits per heavy atom. The highest BCUT2D eigenvalue weighted by Crippen LogP contribution is 2.27. The summed E-state index contributed by atoms with van der Waals surface area (Å²) in [5.41, 5.74) is 1.14. The van der Waals surface area contributed by atoms with E-state index in [1.54, 1.807) is 13.8 Å². The number of nitrogens with one attached hydrogen (secondary N) is 2. The fourth-order valence-electron chi connectivity index (χ4n) is 2.34. The largest absolute Gasteiger partial charge is 0.379 e. The predicted octanol–water partition coefficient (Wildman–Crippen LogP) is 2.94. The molecular formula is C17H21N3O4S. The van der Waals surface area contributed by atoms with Gasteiger partial charge in [-0.15, -0.1) is 0 Å². The number of nitro groups is 1. The first kappa shape index (κ1) is 18.9. The van der Waals surface area contributed by atoms with Gasteiger partial charge >= 0.3 is 0 Å². The molecule has 0 fully saturated rings. The molecule has 0 heterocycles. The van der Waals surface area contributed by atoms with Gasteiger partial charge in [0, 0.05) is 18.7 Å². The first-order valence-electron chi connectivity index (χ1n) is 7.88. The molecule has 8 heteroatoms. The third kappa shape index (κ3) is 5.27. The molecule has 0 radical (unpaired) electrons. The molecule has 2 aromatic carbocycles. The van der Waals surface area contributed by atoms with Crippen molar-refractivity contribution in [2.45, 2.75) is 31.2 Å².